The van der Waals surface area contributed by atoms with Crippen molar-refractivity contribution in [1.82, 2.24) is 19.9 Å². The van der Waals surface area contributed by atoms with Gasteiger partial charge in [0.25, 0.3) is 0 Å². The summed E-state index contributed by atoms with van der Waals surface area (Å²) in [5, 5.41) is 5.49. The van der Waals surface area contributed by atoms with Crippen molar-refractivity contribution in [2.75, 3.05) is 57.9 Å². The van der Waals surface area contributed by atoms with Crippen LogP contribution in [0.2, 0.25) is 0 Å². The number of para-hydroxylation sites is 1. The molecule has 0 amide bonds. The molecule has 1 aromatic carbocycles. The Balaban J connectivity index is 0.979. The van der Waals surface area contributed by atoms with Crippen LogP contribution in [-0.4, -0.2) is 85.1 Å². The number of pyridine rings is 1. The molecule has 192 valence electrons. The van der Waals surface area contributed by atoms with Gasteiger partial charge in [-0.2, -0.15) is 0 Å². The molecule has 3 atom stereocenters. The maximum absolute atomic E-state index is 6.13. The summed E-state index contributed by atoms with van der Waals surface area (Å²) in [7, 11) is 1.79. The van der Waals surface area contributed by atoms with E-state index in [-0.39, 0.29) is 0 Å². The number of fused-ring (bicyclic) bond motifs is 2. The van der Waals surface area contributed by atoms with Crippen molar-refractivity contribution in [3.63, 3.8) is 0 Å². The Morgan fingerprint density at radius 2 is 1.94 bits per heavy atom. The van der Waals surface area contributed by atoms with Crippen molar-refractivity contribution < 1.29 is 14.0 Å². The quantitative estimate of drug-likeness (QED) is 0.471. The van der Waals surface area contributed by atoms with Gasteiger partial charge < -0.3 is 18.9 Å². The summed E-state index contributed by atoms with van der Waals surface area (Å²) < 4.78 is 17.1. The first-order valence-corrected chi connectivity index (χ1v) is 13.4. The number of piperidine rings is 1. The number of piperazine rings is 1. The predicted octanol–water partition coefficient (Wildman–Crippen LogP) is 3.81. The molecule has 8 heteroatoms. The molecular weight excluding hydrogens is 454 g/mol. The fourth-order valence-corrected chi connectivity index (χ4v) is 6.20. The van der Waals surface area contributed by atoms with Gasteiger partial charge in [-0.1, -0.05) is 23.4 Å². The Bertz CT molecular complexity index is 1140. The van der Waals surface area contributed by atoms with E-state index in [4.69, 9.17) is 14.0 Å². The van der Waals surface area contributed by atoms with Crippen molar-refractivity contribution in [2.24, 2.45) is 5.92 Å². The van der Waals surface area contributed by atoms with Gasteiger partial charge in [0.05, 0.1) is 18.6 Å². The van der Waals surface area contributed by atoms with E-state index in [0.717, 1.165) is 75.1 Å². The molecule has 36 heavy (non-hydrogen) atoms. The molecule has 6 rings (SSSR count). The zero-order chi connectivity index (χ0) is 24.3. The molecule has 0 spiro atoms. The first-order valence-electron chi connectivity index (χ1n) is 13.4. The second kappa shape index (κ2) is 10.7. The molecule has 2 aromatic heterocycles. The summed E-state index contributed by atoms with van der Waals surface area (Å²) in [6.45, 7) is 7.74. The molecule has 5 heterocycles. The van der Waals surface area contributed by atoms with Gasteiger partial charge in [0.2, 0.25) is 5.88 Å². The zero-order valence-corrected chi connectivity index (χ0v) is 21.2. The fraction of sp³-hybridized carbons (Fsp3) is 0.571. The Hall–Kier alpha value is -2.68. The van der Waals surface area contributed by atoms with E-state index >= 15 is 0 Å². The summed E-state index contributed by atoms with van der Waals surface area (Å²) in [4.78, 5) is 12.1. The normalized spacial score (nSPS) is 25.4. The third-order valence-corrected chi connectivity index (χ3v) is 8.17. The van der Waals surface area contributed by atoms with E-state index in [1.807, 2.05) is 24.4 Å². The fourth-order valence-electron chi connectivity index (χ4n) is 6.20. The van der Waals surface area contributed by atoms with Crippen LogP contribution < -0.4 is 9.64 Å². The molecule has 0 radical (unpaired) electrons. The lowest BCUT2D eigenvalue weighted by atomic mass is 9.91. The van der Waals surface area contributed by atoms with E-state index in [9.17, 15) is 0 Å². The number of methoxy groups -OCH3 is 1. The molecule has 3 fully saturated rings. The SMILES string of the molecule is COCC1CCCN1Cc1ccc(OC[C@@H]2CC[C@@H]3CN(c4noc5ccccc45)CCN3C2)nc1. The van der Waals surface area contributed by atoms with Crippen LogP contribution in [0, 0.1) is 5.92 Å². The van der Waals surface area contributed by atoms with Gasteiger partial charge in [0, 0.05) is 70.1 Å². The van der Waals surface area contributed by atoms with Crippen molar-refractivity contribution >= 4 is 16.8 Å². The zero-order valence-electron chi connectivity index (χ0n) is 21.2. The molecular formula is C28H37N5O3. The van der Waals surface area contributed by atoms with Crippen LogP contribution in [0.3, 0.4) is 0 Å². The highest BCUT2D eigenvalue weighted by Crippen LogP contribution is 2.31. The van der Waals surface area contributed by atoms with Gasteiger partial charge in [-0.05, 0) is 49.9 Å². The van der Waals surface area contributed by atoms with Gasteiger partial charge in [-0.3, -0.25) is 9.80 Å². The summed E-state index contributed by atoms with van der Waals surface area (Å²) in [5.74, 6) is 2.27. The monoisotopic (exact) mass is 491 g/mol. The largest absolute Gasteiger partial charge is 0.477 e. The van der Waals surface area contributed by atoms with Crippen LogP contribution in [0.15, 0.2) is 47.1 Å². The standard InChI is InChI=1S/C28H37N5O3/c1-34-20-24-5-4-12-31(24)16-21-9-11-27(29-15-21)35-19-22-8-10-23-18-33(14-13-32(23)17-22)28-25-6-2-3-7-26(25)36-30-28/h2-3,6-7,9,11,15,22-24H,4-5,8,10,12-14,16-20H2,1H3/t22-,23-,24?/m1/s1. The van der Waals surface area contributed by atoms with E-state index in [0.29, 0.717) is 18.0 Å². The Kier molecular flexibility index (Phi) is 7.07. The molecule has 0 bridgehead atoms. The van der Waals surface area contributed by atoms with E-state index < -0.39 is 0 Å². The Labute approximate surface area is 213 Å². The van der Waals surface area contributed by atoms with E-state index in [2.05, 4.69) is 43.0 Å². The van der Waals surface area contributed by atoms with Crippen molar-refractivity contribution in [1.29, 1.82) is 0 Å². The van der Waals surface area contributed by atoms with Crippen LogP contribution in [0.4, 0.5) is 5.82 Å². The van der Waals surface area contributed by atoms with Crippen LogP contribution in [0.5, 0.6) is 5.88 Å². The van der Waals surface area contributed by atoms with Gasteiger partial charge >= 0.3 is 0 Å². The lowest BCUT2D eigenvalue weighted by Gasteiger charge is -2.46. The lowest BCUT2D eigenvalue weighted by molar-refractivity contribution is 0.0716. The number of benzene rings is 1. The third-order valence-electron chi connectivity index (χ3n) is 8.17. The van der Waals surface area contributed by atoms with Crippen LogP contribution in [0.1, 0.15) is 31.2 Å². The first-order chi connectivity index (χ1) is 17.8. The summed E-state index contributed by atoms with van der Waals surface area (Å²) >= 11 is 0. The Morgan fingerprint density at radius 1 is 1.00 bits per heavy atom. The lowest BCUT2D eigenvalue weighted by Crippen LogP contribution is -2.57. The van der Waals surface area contributed by atoms with Crippen LogP contribution in [0.25, 0.3) is 11.0 Å². The average molecular weight is 492 g/mol. The highest BCUT2D eigenvalue weighted by molar-refractivity contribution is 5.88. The number of aromatic nitrogens is 2. The molecule has 8 nitrogen and oxygen atoms in total. The van der Waals surface area contributed by atoms with Crippen molar-refractivity contribution in [3.05, 3.63) is 48.2 Å². The summed E-state index contributed by atoms with van der Waals surface area (Å²) in [5.41, 5.74) is 2.10. The number of anilines is 1. The van der Waals surface area contributed by atoms with Crippen molar-refractivity contribution in [2.45, 2.75) is 44.3 Å². The van der Waals surface area contributed by atoms with E-state index in [1.54, 1.807) is 7.11 Å². The minimum atomic E-state index is 0.526. The first kappa shape index (κ1) is 23.7. The smallest absolute Gasteiger partial charge is 0.213 e. The summed E-state index contributed by atoms with van der Waals surface area (Å²) in [6, 6.07) is 13.4. The predicted molar refractivity (Wildman–Crippen MR) is 139 cm³/mol. The number of ether oxygens (including phenoxy) is 2. The number of hydrogen-bond acceptors (Lipinski definition) is 8. The molecule has 0 N–H and O–H groups in total. The van der Waals surface area contributed by atoms with Crippen LogP contribution in [-0.2, 0) is 11.3 Å². The molecule has 0 saturated carbocycles. The molecule has 3 aliphatic rings. The molecule has 3 aliphatic heterocycles. The molecule has 0 aliphatic carbocycles. The highest BCUT2D eigenvalue weighted by atomic mass is 16.5. The number of rotatable bonds is 8. The van der Waals surface area contributed by atoms with Crippen molar-refractivity contribution in [3.8, 4) is 5.88 Å². The molecule has 1 unspecified atom stereocenters. The van der Waals surface area contributed by atoms with Gasteiger partial charge in [0.15, 0.2) is 11.4 Å². The van der Waals surface area contributed by atoms with Crippen LogP contribution >= 0.6 is 0 Å². The average Bonchev–Trinajstić information content (AvgIpc) is 3.55. The van der Waals surface area contributed by atoms with Gasteiger partial charge in [0.1, 0.15) is 0 Å². The third kappa shape index (κ3) is 5.08. The number of likely N-dealkylation sites (tertiary alicyclic amines) is 1. The van der Waals surface area contributed by atoms with Gasteiger partial charge in [-0.25, -0.2) is 4.98 Å². The maximum Gasteiger partial charge on any atom is 0.213 e. The van der Waals surface area contributed by atoms with Gasteiger partial charge in [-0.15, -0.1) is 0 Å². The van der Waals surface area contributed by atoms with E-state index in [1.165, 1.54) is 31.2 Å². The molecule has 3 aromatic rings. The minimum Gasteiger partial charge on any atom is -0.477 e. The number of hydrogen-bond donors (Lipinski definition) is 0. The Morgan fingerprint density at radius 3 is 2.83 bits per heavy atom. The second-order valence-electron chi connectivity index (χ2n) is 10.6. The topological polar surface area (TPSA) is 67.1 Å². The second-order valence-corrected chi connectivity index (χ2v) is 10.6. The minimum absolute atomic E-state index is 0.526. The summed E-state index contributed by atoms with van der Waals surface area (Å²) in [6.07, 6.45) is 6.81. The molecule has 3 saturated heterocycles. The maximum atomic E-state index is 6.13. The number of nitrogens with zero attached hydrogens (tertiary/aromatic N) is 5. The highest BCUT2D eigenvalue weighted by Gasteiger charge is 2.34.